The molecule has 1 atom stereocenters. The maximum Gasteiger partial charge on any atom is 0.337 e. The van der Waals surface area contributed by atoms with Gasteiger partial charge >= 0.3 is 5.97 Å². The number of aromatic nitrogens is 3. The number of nitrogens with zero attached hydrogens (tertiary/aromatic N) is 4. The van der Waals surface area contributed by atoms with Gasteiger partial charge in [0, 0.05) is 30.4 Å². The minimum Gasteiger partial charge on any atom is -0.479 e. The van der Waals surface area contributed by atoms with Crippen molar-refractivity contribution in [3.8, 4) is 22.4 Å². The van der Waals surface area contributed by atoms with Crippen molar-refractivity contribution >= 4 is 17.4 Å². The molecule has 7 nitrogen and oxygen atoms in total. The molecule has 1 aliphatic heterocycles. The van der Waals surface area contributed by atoms with Gasteiger partial charge in [0.15, 0.2) is 11.8 Å². The molecule has 1 N–H and O–H groups in total. The lowest BCUT2D eigenvalue weighted by Crippen LogP contribution is -2.40. The van der Waals surface area contributed by atoms with Crippen molar-refractivity contribution in [2.75, 3.05) is 18.0 Å². The molecule has 41 heavy (non-hydrogen) atoms. The van der Waals surface area contributed by atoms with Gasteiger partial charge in [-0.1, -0.05) is 76.2 Å². The molecule has 7 heteroatoms. The molecule has 2 aromatic carbocycles. The Morgan fingerprint density at radius 3 is 2.17 bits per heavy atom. The van der Waals surface area contributed by atoms with E-state index in [0.29, 0.717) is 16.9 Å². The molecule has 0 radical (unpaired) electrons. The number of carboxylic acid groups (broad SMARTS) is 1. The minimum absolute atomic E-state index is 0.235. The largest absolute Gasteiger partial charge is 0.479 e. The summed E-state index contributed by atoms with van der Waals surface area (Å²) < 4.78 is 7.96. The summed E-state index contributed by atoms with van der Waals surface area (Å²) in [7, 11) is 0. The summed E-state index contributed by atoms with van der Waals surface area (Å²) in [6.45, 7) is 17.7. The standard InChI is InChI=1S/C32H38N4O3.C2H6/c1-21-27(28(30(37)38)39-31(2,3)4)29(35-17-15-32(5,6)16-18-35)36-26(33-21)20-25(34-36)24-14-10-13-23(19-24)22-11-8-7-9-12-22;1-2/h7-14,19-20,28H,15-18H2,1-6H3,(H,37,38);1-2H3. The van der Waals surface area contributed by atoms with Gasteiger partial charge in [-0.15, -0.1) is 0 Å². The van der Waals surface area contributed by atoms with E-state index >= 15 is 0 Å². The SMILES string of the molecule is CC.Cc1nc2cc(-c3cccc(-c4ccccc4)c3)nn2c(N2CCC(C)(C)CC2)c1C(OC(C)(C)C)C(=O)O. The topological polar surface area (TPSA) is 80.0 Å². The van der Waals surface area contributed by atoms with Gasteiger partial charge in [0.05, 0.1) is 16.9 Å². The number of hydrogen-bond acceptors (Lipinski definition) is 5. The first-order chi connectivity index (χ1) is 19.4. The van der Waals surface area contributed by atoms with Crippen molar-refractivity contribution in [1.29, 1.82) is 0 Å². The highest BCUT2D eigenvalue weighted by molar-refractivity contribution is 5.79. The Morgan fingerprint density at radius 2 is 1.56 bits per heavy atom. The molecule has 5 rings (SSSR count). The number of rotatable bonds is 6. The molecular weight excluding hydrogens is 512 g/mol. The summed E-state index contributed by atoms with van der Waals surface area (Å²) in [6, 6.07) is 20.6. The number of carbonyl (C=O) groups is 1. The fraction of sp³-hybridized carbons (Fsp3) is 0.441. The molecule has 2 aromatic heterocycles. The predicted molar refractivity (Wildman–Crippen MR) is 166 cm³/mol. The zero-order valence-electron chi connectivity index (χ0n) is 25.7. The molecule has 218 valence electrons. The first-order valence-corrected chi connectivity index (χ1v) is 14.6. The number of aliphatic carboxylic acids is 1. The van der Waals surface area contributed by atoms with E-state index in [9.17, 15) is 9.90 Å². The van der Waals surface area contributed by atoms with E-state index in [2.05, 4.69) is 43.0 Å². The van der Waals surface area contributed by atoms with Crippen LogP contribution in [0, 0.1) is 12.3 Å². The van der Waals surface area contributed by atoms with Gasteiger partial charge in [-0.2, -0.15) is 9.61 Å². The van der Waals surface area contributed by atoms with Crippen LogP contribution < -0.4 is 4.90 Å². The Hall–Kier alpha value is -3.71. The van der Waals surface area contributed by atoms with Gasteiger partial charge in [-0.3, -0.25) is 0 Å². The number of fused-ring (bicyclic) bond motifs is 1. The molecule has 0 saturated carbocycles. The summed E-state index contributed by atoms with van der Waals surface area (Å²) in [4.78, 5) is 19.7. The van der Waals surface area contributed by atoms with E-state index in [1.54, 1.807) is 0 Å². The fourth-order valence-corrected chi connectivity index (χ4v) is 5.27. The zero-order valence-corrected chi connectivity index (χ0v) is 25.7. The third-order valence-corrected chi connectivity index (χ3v) is 7.44. The first-order valence-electron chi connectivity index (χ1n) is 14.6. The van der Waals surface area contributed by atoms with Crippen molar-refractivity contribution in [2.24, 2.45) is 5.41 Å². The molecule has 0 spiro atoms. The lowest BCUT2D eigenvalue weighted by Gasteiger charge is -2.39. The molecular formula is C34H44N4O3. The molecule has 0 aliphatic carbocycles. The van der Waals surface area contributed by atoms with E-state index in [-0.39, 0.29) is 5.41 Å². The molecule has 0 amide bonds. The third-order valence-electron chi connectivity index (χ3n) is 7.44. The first kappa shape index (κ1) is 30.3. The lowest BCUT2D eigenvalue weighted by atomic mass is 9.82. The maximum absolute atomic E-state index is 12.6. The normalized spacial score (nSPS) is 15.8. The Bertz CT molecular complexity index is 1490. The average molecular weight is 557 g/mol. The van der Waals surface area contributed by atoms with Gasteiger partial charge in [-0.05, 0) is 63.1 Å². The van der Waals surface area contributed by atoms with Crippen LogP contribution >= 0.6 is 0 Å². The number of benzene rings is 2. The smallest absolute Gasteiger partial charge is 0.337 e. The average Bonchev–Trinajstić information content (AvgIpc) is 3.36. The highest BCUT2D eigenvalue weighted by Gasteiger charge is 2.36. The molecule has 1 saturated heterocycles. The van der Waals surface area contributed by atoms with Crippen LogP contribution in [0.1, 0.15) is 78.7 Å². The van der Waals surface area contributed by atoms with Crippen LogP contribution in [-0.2, 0) is 9.53 Å². The second-order valence-electron chi connectivity index (χ2n) is 12.3. The van der Waals surface area contributed by atoms with Gasteiger partial charge in [0.2, 0.25) is 0 Å². The van der Waals surface area contributed by atoms with Crippen molar-refractivity contribution in [2.45, 2.75) is 79.9 Å². The van der Waals surface area contributed by atoms with Crippen molar-refractivity contribution < 1.29 is 14.6 Å². The van der Waals surface area contributed by atoms with Gasteiger partial charge in [0.1, 0.15) is 5.82 Å². The minimum atomic E-state index is -1.17. The summed E-state index contributed by atoms with van der Waals surface area (Å²) in [5.74, 6) is -0.272. The Balaban J connectivity index is 0.00000189. The monoisotopic (exact) mass is 556 g/mol. The van der Waals surface area contributed by atoms with Gasteiger partial charge < -0.3 is 14.7 Å². The van der Waals surface area contributed by atoms with E-state index < -0.39 is 17.7 Å². The highest BCUT2D eigenvalue weighted by Crippen LogP contribution is 2.39. The lowest BCUT2D eigenvalue weighted by molar-refractivity contribution is -0.160. The third kappa shape index (κ3) is 6.79. The Kier molecular flexibility index (Phi) is 8.88. The second-order valence-corrected chi connectivity index (χ2v) is 12.3. The molecule has 4 aromatic rings. The maximum atomic E-state index is 12.6. The quantitative estimate of drug-likeness (QED) is 0.259. The predicted octanol–water partition coefficient (Wildman–Crippen LogP) is 7.97. The number of piperidine rings is 1. The number of hydrogen-bond donors (Lipinski definition) is 1. The highest BCUT2D eigenvalue weighted by atomic mass is 16.5. The zero-order chi connectivity index (χ0) is 29.9. The van der Waals surface area contributed by atoms with Crippen LogP contribution in [0.3, 0.4) is 0 Å². The Labute approximate surface area is 244 Å². The molecule has 1 fully saturated rings. The van der Waals surface area contributed by atoms with Crippen LogP contribution in [0.15, 0.2) is 60.7 Å². The Morgan fingerprint density at radius 1 is 0.951 bits per heavy atom. The van der Waals surface area contributed by atoms with E-state index in [0.717, 1.165) is 54.1 Å². The van der Waals surface area contributed by atoms with Crippen LogP contribution in [0.25, 0.3) is 28.0 Å². The van der Waals surface area contributed by atoms with Crippen molar-refractivity contribution in [3.05, 3.63) is 71.9 Å². The molecule has 1 unspecified atom stereocenters. The van der Waals surface area contributed by atoms with Crippen LogP contribution in [0.5, 0.6) is 0 Å². The molecule has 1 aliphatic rings. The molecule has 0 bridgehead atoms. The van der Waals surface area contributed by atoms with Gasteiger partial charge in [-0.25, -0.2) is 9.78 Å². The van der Waals surface area contributed by atoms with E-state index in [1.807, 2.05) is 82.5 Å². The van der Waals surface area contributed by atoms with Crippen molar-refractivity contribution in [3.63, 3.8) is 0 Å². The fourth-order valence-electron chi connectivity index (χ4n) is 5.27. The van der Waals surface area contributed by atoms with Crippen LogP contribution in [0.4, 0.5) is 5.82 Å². The van der Waals surface area contributed by atoms with Crippen LogP contribution in [-0.4, -0.2) is 44.4 Å². The summed E-state index contributed by atoms with van der Waals surface area (Å²) >= 11 is 0. The van der Waals surface area contributed by atoms with E-state index in [4.69, 9.17) is 14.8 Å². The van der Waals surface area contributed by atoms with E-state index in [1.165, 1.54) is 0 Å². The van der Waals surface area contributed by atoms with Crippen LogP contribution in [0.2, 0.25) is 0 Å². The summed E-state index contributed by atoms with van der Waals surface area (Å²) in [6.07, 6.45) is 0.835. The summed E-state index contributed by atoms with van der Waals surface area (Å²) in [5, 5.41) is 15.3. The van der Waals surface area contributed by atoms with Crippen molar-refractivity contribution in [1.82, 2.24) is 14.6 Å². The summed E-state index contributed by atoms with van der Waals surface area (Å²) in [5.41, 5.74) is 5.50. The number of anilines is 1. The number of aryl methyl sites for hydroxylation is 1. The number of ether oxygens (including phenoxy) is 1. The number of carboxylic acids is 1. The van der Waals surface area contributed by atoms with Gasteiger partial charge in [0.25, 0.3) is 0 Å². The molecule has 3 heterocycles. The second kappa shape index (κ2) is 12.0.